The Hall–Kier alpha value is -1.38. The normalized spacial score (nSPS) is 13.5. The summed E-state index contributed by atoms with van der Waals surface area (Å²) < 4.78 is 2.03. The van der Waals surface area contributed by atoms with Gasteiger partial charge in [-0.2, -0.15) is 5.10 Å². The van der Waals surface area contributed by atoms with Crippen molar-refractivity contribution in [2.45, 2.75) is 47.0 Å². The topological polar surface area (TPSA) is 30.2 Å². The molecule has 0 aliphatic heterocycles. The fraction of sp³-hybridized carbons (Fsp3) is 0.538. The Morgan fingerprint density at radius 3 is 2.69 bits per heavy atom. The molecule has 0 amide bonds. The van der Waals surface area contributed by atoms with Crippen LogP contribution in [0.25, 0.3) is 5.65 Å². The summed E-state index contributed by atoms with van der Waals surface area (Å²) in [4.78, 5) is 4.63. The van der Waals surface area contributed by atoms with Gasteiger partial charge < -0.3 is 0 Å². The molecule has 0 unspecified atom stereocenters. The molecule has 3 heteroatoms. The zero-order valence-electron chi connectivity index (χ0n) is 10.5. The van der Waals surface area contributed by atoms with E-state index < -0.39 is 0 Å². The van der Waals surface area contributed by atoms with Crippen molar-refractivity contribution in [2.24, 2.45) is 0 Å². The molecule has 2 heterocycles. The Balaban J connectivity index is 0.000000457. The Morgan fingerprint density at radius 1 is 1.19 bits per heavy atom. The first-order chi connectivity index (χ1) is 7.75. The maximum absolute atomic E-state index is 4.63. The minimum Gasteiger partial charge on any atom is -0.232 e. The van der Waals surface area contributed by atoms with Crippen LogP contribution in [0.3, 0.4) is 0 Å². The van der Waals surface area contributed by atoms with Gasteiger partial charge in [0.25, 0.3) is 0 Å². The van der Waals surface area contributed by atoms with Gasteiger partial charge >= 0.3 is 0 Å². The summed E-state index contributed by atoms with van der Waals surface area (Å²) >= 11 is 0. The van der Waals surface area contributed by atoms with Gasteiger partial charge in [-0.25, -0.2) is 9.50 Å². The van der Waals surface area contributed by atoms with Crippen LogP contribution in [0.1, 0.15) is 42.9 Å². The van der Waals surface area contributed by atoms with Gasteiger partial charge in [-0.1, -0.05) is 13.8 Å². The van der Waals surface area contributed by atoms with Gasteiger partial charge in [0.1, 0.15) is 0 Å². The molecule has 0 radical (unpaired) electrons. The van der Waals surface area contributed by atoms with Crippen LogP contribution in [0.15, 0.2) is 6.07 Å². The van der Waals surface area contributed by atoms with Gasteiger partial charge in [-0.05, 0) is 44.7 Å². The standard InChI is InChI=1S/C11H13N3.C2H6/c1-7-6-8(2)13-14-10-5-3-4-9(10)12-11(7)14;1-2/h6H,3-5H2,1-2H3;1-2H3. The lowest BCUT2D eigenvalue weighted by Gasteiger charge is -2.01. The predicted molar refractivity (Wildman–Crippen MR) is 65.8 cm³/mol. The summed E-state index contributed by atoms with van der Waals surface area (Å²) in [7, 11) is 0. The Morgan fingerprint density at radius 2 is 1.94 bits per heavy atom. The monoisotopic (exact) mass is 217 g/mol. The van der Waals surface area contributed by atoms with E-state index in [1.165, 1.54) is 23.4 Å². The zero-order valence-corrected chi connectivity index (χ0v) is 10.5. The highest BCUT2D eigenvalue weighted by molar-refractivity contribution is 5.50. The first-order valence-electron chi connectivity index (χ1n) is 6.10. The summed E-state index contributed by atoms with van der Waals surface area (Å²) in [5, 5.41) is 4.52. The molecule has 0 spiro atoms. The van der Waals surface area contributed by atoms with Gasteiger partial charge in [0.05, 0.1) is 17.1 Å². The van der Waals surface area contributed by atoms with Gasteiger partial charge in [0, 0.05) is 0 Å². The minimum atomic E-state index is 1.04. The lowest BCUT2D eigenvalue weighted by Crippen LogP contribution is -2.00. The van der Waals surface area contributed by atoms with E-state index >= 15 is 0 Å². The van der Waals surface area contributed by atoms with E-state index in [0.29, 0.717) is 0 Å². The van der Waals surface area contributed by atoms with Crippen molar-refractivity contribution in [1.82, 2.24) is 14.6 Å². The van der Waals surface area contributed by atoms with Gasteiger partial charge in [0.2, 0.25) is 0 Å². The predicted octanol–water partition coefficient (Wildman–Crippen LogP) is 2.86. The maximum atomic E-state index is 4.63. The zero-order chi connectivity index (χ0) is 11.7. The highest BCUT2D eigenvalue weighted by atomic mass is 15.3. The van der Waals surface area contributed by atoms with Crippen LogP contribution in [-0.4, -0.2) is 14.6 Å². The first-order valence-corrected chi connectivity index (χ1v) is 6.10. The number of fused-ring (bicyclic) bond motifs is 3. The maximum Gasteiger partial charge on any atom is 0.157 e. The second kappa shape index (κ2) is 4.24. The molecule has 0 bridgehead atoms. The third-order valence-corrected chi connectivity index (χ3v) is 2.89. The highest BCUT2D eigenvalue weighted by Gasteiger charge is 2.19. The molecule has 3 rings (SSSR count). The van der Waals surface area contributed by atoms with Gasteiger partial charge in [-0.15, -0.1) is 0 Å². The number of aryl methyl sites for hydroxylation is 4. The van der Waals surface area contributed by atoms with Crippen LogP contribution in [0, 0.1) is 13.8 Å². The molecule has 1 aliphatic rings. The molecule has 0 saturated carbocycles. The van der Waals surface area contributed by atoms with Crippen molar-refractivity contribution in [3.63, 3.8) is 0 Å². The largest absolute Gasteiger partial charge is 0.232 e. The molecule has 3 nitrogen and oxygen atoms in total. The fourth-order valence-electron chi connectivity index (χ4n) is 2.29. The Labute approximate surface area is 96.5 Å². The number of rotatable bonds is 0. The number of nitrogens with zero attached hydrogens (tertiary/aromatic N) is 3. The molecule has 0 saturated heterocycles. The van der Waals surface area contributed by atoms with Gasteiger partial charge in [0.15, 0.2) is 5.65 Å². The van der Waals surface area contributed by atoms with Crippen LogP contribution < -0.4 is 0 Å². The summed E-state index contributed by atoms with van der Waals surface area (Å²) in [6, 6.07) is 2.09. The van der Waals surface area contributed by atoms with Gasteiger partial charge in [-0.3, -0.25) is 0 Å². The van der Waals surface area contributed by atoms with E-state index in [9.17, 15) is 0 Å². The summed E-state index contributed by atoms with van der Waals surface area (Å²) in [6.45, 7) is 8.14. The summed E-state index contributed by atoms with van der Waals surface area (Å²) in [5.41, 5.74) is 5.92. The molecule has 86 valence electrons. The van der Waals surface area contributed by atoms with Crippen molar-refractivity contribution in [3.05, 3.63) is 28.7 Å². The Kier molecular flexibility index (Phi) is 2.95. The quantitative estimate of drug-likeness (QED) is 0.679. The highest BCUT2D eigenvalue weighted by Crippen LogP contribution is 2.23. The lowest BCUT2D eigenvalue weighted by molar-refractivity contribution is 0.805. The average molecular weight is 217 g/mol. The van der Waals surface area contributed by atoms with E-state index in [0.717, 1.165) is 24.2 Å². The smallest absolute Gasteiger partial charge is 0.157 e. The van der Waals surface area contributed by atoms with Crippen LogP contribution in [0.2, 0.25) is 0 Å². The molecule has 0 aromatic carbocycles. The van der Waals surface area contributed by atoms with E-state index in [4.69, 9.17) is 0 Å². The molecule has 2 aromatic rings. The van der Waals surface area contributed by atoms with E-state index in [-0.39, 0.29) is 0 Å². The number of hydrogen-bond donors (Lipinski definition) is 0. The molecule has 0 N–H and O–H groups in total. The number of imidazole rings is 1. The number of hydrogen-bond acceptors (Lipinski definition) is 2. The van der Waals surface area contributed by atoms with Crippen LogP contribution in [0.5, 0.6) is 0 Å². The molecule has 16 heavy (non-hydrogen) atoms. The SMILES string of the molecule is CC.Cc1cc(C)c2nc3c(n2n1)CCC3. The molecular weight excluding hydrogens is 198 g/mol. The summed E-state index contributed by atoms with van der Waals surface area (Å²) in [5.74, 6) is 0. The van der Waals surface area contributed by atoms with Crippen molar-refractivity contribution in [2.75, 3.05) is 0 Å². The first kappa shape index (κ1) is 11.1. The van der Waals surface area contributed by atoms with Crippen LogP contribution >= 0.6 is 0 Å². The lowest BCUT2D eigenvalue weighted by atomic mass is 10.3. The van der Waals surface area contributed by atoms with Crippen molar-refractivity contribution < 1.29 is 0 Å². The average Bonchev–Trinajstić information content (AvgIpc) is 2.82. The van der Waals surface area contributed by atoms with Crippen molar-refractivity contribution in [3.8, 4) is 0 Å². The second-order valence-corrected chi connectivity index (χ2v) is 4.06. The van der Waals surface area contributed by atoms with Crippen LogP contribution in [0.4, 0.5) is 0 Å². The van der Waals surface area contributed by atoms with E-state index in [1.807, 2.05) is 25.3 Å². The van der Waals surface area contributed by atoms with Crippen molar-refractivity contribution in [1.29, 1.82) is 0 Å². The molecule has 2 aromatic heterocycles. The molecule has 1 aliphatic carbocycles. The second-order valence-electron chi connectivity index (χ2n) is 4.06. The van der Waals surface area contributed by atoms with E-state index in [2.05, 4.69) is 23.1 Å². The minimum absolute atomic E-state index is 1.04. The third-order valence-electron chi connectivity index (χ3n) is 2.89. The third kappa shape index (κ3) is 1.60. The number of aromatic nitrogens is 3. The molecule has 0 atom stereocenters. The fourth-order valence-corrected chi connectivity index (χ4v) is 2.29. The van der Waals surface area contributed by atoms with E-state index in [1.54, 1.807) is 0 Å². The molecule has 0 fully saturated rings. The summed E-state index contributed by atoms with van der Waals surface area (Å²) in [6.07, 6.45) is 3.48. The molecular formula is C13H19N3. The van der Waals surface area contributed by atoms with Crippen molar-refractivity contribution >= 4 is 5.65 Å². The van der Waals surface area contributed by atoms with Crippen LogP contribution in [-0.2, 0) is 12.8 Å². The Bertz CT molecular complexity index is 511.